The minimum atomic E-state index is -1.66. The average Bonchev–Trinajstić information content (AvgIpc) is 4.07. The molecule has 414 valence electrons. The first-order valence-electron chi connectivity index (χ1n) is 25.2. The van der Waals surface area contributed by atoms with Gasteiger partial charge in [-0.2, -0.15) is 0 Å². The van der Waals surface area contributed by atoms with Gasteiger partial charge in [0, 0.05) is 69.1 Å². The molecule has 1 saturated heterocycles. The van der Waals surface area contributed by atoms with Crippen molar-refractivity contribution >= 4 is 76.0 Å². The van der Waals surface area contributed by atoms with E-state index in [2.05, 4.69) is 68.1 Å². The van der Waals surface area contributed by atoms with Crippen LogP contribution in [0.2, 0.25) is 0 Å². The predicted molar refractivity (Wildman–Crippen MR) is 283 cm³/mol. The fourth-order valence-electron chi connectivity index (χ4n) is 8.54. The summed E-state index contributed by atoms with van der Waals surface area (Å²) in [7, 11) is 0. The Morgan fingerprint density at radius 3 is 1.99 bits per heavy atom. The maximum Gasteiger partial charge on any atom is 0.243 e. The molecule has 0 saturated carbocycles. The lowest BCUT2D eigenvalue weighted by atomic mass is 10.0. The molecule has 1 unspecified atom stereocenters. The van der Waals surface area contributed by atoms with Gasteiger partial charge < -0.3 is 80.3 Å². The van der Waals surface area contributed by atoms with E-state index in [-0.39, 0.29) is 95.8 Å². The van der Waals surface area contributed by atoms with Crippen molar-refractivity contribution in [2.45, 2.75) is 120 Å². The summed E-state index contributed by atoms with van der Waals surface area (Å²) >= 11 is 0. The van der Waals surface area contributed by atoms with E-state index in [9.17, 15) is 43.2 Å². The molecule has 3 heterocycles. The molecule has 9 amide bonds. The number of carbonyl (C=O) groups is 9. The molecule has 5 rings (SSSR count). The van der Waals surface area contributed by atoms with Gasteiger partial charge in [-0.1, -0.05) is 48.5 Å². The SMILES string of the molecule is CC(=O)N[C@@H](CCCNC(=N)N)C(=O)N[C@H]1CC(=O)NCCCC[C@@H](C(N)=O)NC(=O)[C@H](Cc2c[nH]c3ccccc23)NC(=O)[C@H](CCCNC(=N)N)NC(=O)C(Cc2ccccc2)NC(=O)[C@H](Cc2c[nH]cn2)NC1=O. The summed E-state index contributed by atoms with van der Waals surface area (Å²) in [5.74, 6) is -7.95. The molecule has 0 aliphatic carbocycles. The lowest BCUT2D eigenvalue weighted by Gasteiger charge is -2.28. The van der Waals surface area contributed by atoms with Gasteiger partial charge in [0.15, 0.2) is 11.9 Å². The number of guanidine groups is 2. The Labute approximate surface area is 443 Å². The van der Waals surface area contributed by atoms with Crippen LogP contribution in [0.3, 0.4) is 0 Å². The number of primary amides is 1. The van der Waals surface area contributed by atoms with Gasteiger partial charge >= 0.3 is 0 Å². The molecule has 1 aliphatic heterocycles. The number of amides is 9. The maximum absolute atomic E-state index is 14.7. The first-order chi connectivity index (χ1) is 36.9. The molecule has 77 heavy (non-hydrogen) atoms. The Balaban J connectivity index is 1.54. The second-order valence-electron chi connectivity index (χ2n) is 18.6. The number of hydrogen-bond donors (Lipinski definition) is 17. The van der Waals surface area contributed by atoms with Crippen LogP contribution < -0.4 is 70.4 Å². The third-order valence-electron chi connectivity index (χ3n) is 12.5. The van der Waals surface area contributed by atoms with Gasteiger partial charge in [-0.3, -0.25) is 54.0 Å². The first kappa shape index (κ1) is 58.8. The molecule has 1 fully saturated rings. The summed E-state index contributed by atoms with van der Waals surface area (Å²) in [6, 6.07) is 6.16. The van der Waals surface area contributed by atoms with Crippen molar-refractivity contribution in [3.63, 3.8) is 0 Å². The molecular weight excluding hydrogens is 997 g/mol. The number of aromatic nitrogens is 3. The summed E-state index contributed by atoms with van der Waals surface area (Å²) in [4.78, 5) is 136. The number of nitrogens with one attached hydrogen (secondary N) is 14. The minimum Gasteiger partial charge on any atom is -0.370 e. The molecule has 20 N–H and O–H groups in total. The summed E-state index contributed by atoms with van der Waals surface area (Å²) in [6.07, 6.45) is 4.27. The fraction of sp³-hybridized carbons (Fsp3) is 0.440. The first-order valence-corrected chi connectivity index (χ1v) is 25.2. The van der Waals surface area contributed by atoms with E-state index < -0.39 is 102 Å². The molecule has 4 aromatic rings. The Bertz CT molecular complexity index is 2700. The third kappa shape index (κ3) is 19.6. The van der Waals surface area contributed by atoms with Crippen LogP contribution in [0.15, 0.2) is 73.3 Å². The Kier molecular flexibility index (Phi) is 22.7. The van der Waals surface area contributed by atoms with Crippen molar-refractivity contribution in [1.29, 1.82) is 10.8 Å². The van der Waals surface area contributed by atoms with E-state index in [0.717, 1.165) is 10.9 Å². The predicted octanol–water partition coefficient (Wildman–Crippen LogP) is -2.97. The van der Waals surface area contributed by atoms with Crippen LogP contribution in [-0.2, 0) is 62.4 Å². The number of nitrogens with zero attached hydrogens (tertiary/aromatic N) is 1. The largest absolute Gasteiger partial charge is 0.370 e. The highest BCUT2D eigenvalue weighted by Crippen LogP contribution is 2.20. The zero-order chi connectivity index (χ0) is 55.9. The highest BCUT2D eigenvalue weighted by atomic mass is 16.2. The van der Waals surface area contributed by atoms with E-state index in [1.165, 1.54) is 19.4 Å². The van der Waals surface area contributed by atoms with Crippen LogP contribution in [0.4, 0.5) is 0 Å². The van der Waals surface area contributed by atoms with Crippen molar-refractivity contribution in [2.24, 2.45) is 17.2 Å². The third-order valence-corrected chi connectivity index (χ3v) is 12.5. The zero-order valence-corrected chi connectivity index (χ0v) is 42.7. The number of nitrogens with two attached hydrogens (primary N) is 3. The molecule has 7 atom stereocenters. The van der Waals surface area contributed by atoms with Crippen molar-refractivity contribution in [3.05, 3.63) is 90.1 Å². The summed E-state index contributed by atoms with van der Waals surface area (Å²) in [6.45, 7) is 1.48. The number of aromatic amines is 2. The van der Waals surface area contributed by atoms with Gasteiger partial charge in [0.05, 0.1) is 18.4 Å². The number of rotatable bonds is 18. The molecule has 1 aliphatic rings. The van der Waals surface area contributed by atoms with Gasteiger partial charge in [-0.25, -0.2) is 4.98 Å². The monoisotopic (exact) mass is 1070 g/mol. The van der Waals surface area contributed by atoms with Crippen molar-refractivity contribution in [2.75, 3.05) is 19.6 Å². The van der Waals surface area contributed by atoms with Crippen molar-refractivity contribution < 1.29 is 43.2 Å². The van der Waals surface area contributed by atoms with Gasteiger partial charge in [0.1, 0.15) is 42.3 Å². The number of fused-ring (bicyclic) bond motifs is 1. The molecule has 27 heteroatoms. The molecule has 2 aromatic carbocycles. The van der Waals surface area contributed by atoms with E-state index in [1.807, 2.05) is 24.3 Å². The Morgan fingerprint density at radius 1 is 0.714 bits per heavy atom. The lowest BCUT2D eigenvalue weighted by molar-refractivity contribution is -0.136. The Hall–Kier alpha value is -9.04. The topological polar surface area (TPSA) is 444 Å². The van der Waals surface area contributed by atoms with E-state index in [1.54, 1.807) is 36.5 Å². The number of imidazole rings is 1. The average molecular weight is 1070 g/mol. The van der Waals surface area contributed by atoms with Crippen LogP contribution in [0.5, 0.6) is 0 Å². The molecule has 0 radical (unpaired) electrons. The standard InChI is InChI=1S/C50H70N18O9/c1-28(69)62-35(16-9-19-58-49(52)53)43(72)68-40-24-41(70)57-18-8-7-15-34(42(51)71)63-46(75)38(22-30-25-60-33-14-6-5-13-32(30)33)66-44(73)36(17-10-20-59-50(54)55)64-45(74)37(21-29-11-3-2-4-12-29)65-47(76)39(67-48(40)77)23-31-26-56-27-61-31/h2-6,11-14,25-27,34-40,60H,7-10,15-24H2,1H3,(H2,51,71)(H,56,61)(H,57,70)(H,62,69)(H,63,75)(H,64,74)(H,65,76)(H,66,73)(H,67,77)(H,68,72)(H4,52,53,58)(H4,54,55,59)/t34-,35-,36-,37?,38-,39-,40-/m0/s1. The number of H-pyrrole nitrogens is 2. The van der Waals surface area contributed by atoms with Gasteiger partial charge in [0.25, 0.3) is 0 Å². The fourth-order valence-corrected chi connectivity index (χ4v) is 8.54. The minimum absolute atomic E-state index is 0.00874. The van der Waals surface area contributed by atoms with Crippen LogP contribution >= 0.6 is 0 Å². The molecule has 27 nitrogen and oxygen atoms in total. The van der Waals surface area contributed by atoms with E-state index in [0.29, 0.717) is 16.8 Å². The van der Waals surface area contributed by atoms with Gasteiger partial charge in [-0.15, -0.1) is 0 Å². The quantitative estimate of drug-likeness (QED) is 0.0269. The Morgan fingerprint density at radius 2 is 1.32 bits per heavy atom. The summed E-state index contributed by atoms with van der Waals surface area (Å²) in [5.41, 5.74) is 19.0. The number of benzene rings is 2. The number of hydrogen-bond acceptors (Lipinski definition) is 12. The van der Waals surface area contributed by atoms with Crippen LogP contribution in [0.1, 0.15) is 75.1 Å². The van der Waals surface area contributed by atoms with Gasteiger partial charge in [-0.05, 0) is 62.1 Å². The molecule has 0 bridgehead atoms. The lowest BCUT2D eigenvalue weighted by Crippen LogP contribution is -2.61. The van der Waals surface area contributed by atoms with Crippen molar-refractivity contribution in [1.82, 2.24) is 68.1 Å². The van der Waals surface area contributed by atoms with Gasteiger partial charge in [0.2, 0.25) is 53.2 Å². The molecular formula is C50H70N18O9. The van der Waals surface area contributed by atoms with E-state index in [4.69, 9.17) is 28.0 Å². The number of carbonyl (C=O) groups excluding carboxylic acids is 9. The highest BCUT2D eigenvalue weighted by Gasteiger charge is 2.35. The van der Waals surface area contributed by atoms with Crippen molar-refractivity contribution in [3.8, 4) is 0 Å². The smallest absolute Gasteiger partial charge is 0.243 e. The normalized spacial score (nSPS) is 20.8. The highest BCUT2D eigenvalue weighted by molar-refractivity contribution is 5.99. The summed E-state index contributed by atoms with van der Waals surface area (Å²) in [5, 5.41) is 42.5. The van der Waals surface area contributed by atoms with Crippen LogP contribution in [0, 0.1) is 10.8 Å². The second kappa shape index (κ2) is 29.7. The van der Waals surface area contributed by atoms with E-state index >= 15 is 0 Å². The molecule has 2 aromatic heterocycles. The second-order valence-corrected chi connectivity index (χ2v) is 18.6. The van der Waals surface area contributed by atoms with Crippen LogP contribution in [0.25, 0.3) is 10.9 Å². The summed E-state index contributed by atoms with van der Waals surface area (Å²) < 4.78 is 0. The van der Waals surface area contributed by atoms with Crippen LogP contribution in [-0.4, -0.2) is 142 Å². The zero-order valence-electron chi connectivity index (χ0n) is 42.7. The number of para-hydroxylation sites is 1. The molecule has 0 spiro atoms. The maximum atomic E-state index is 14.7.